The van der Waals surface area contributed by atoms with Crippen molar-refractivity contribution in [3.63, 3.8) is 0 Å². The summed E-state index contributed by atoms with van der Waals surface area (Å²) in [5, 5.41) is 9.75. The highest BCUT2D eigenvalue weighted by Gasteiger charge is 2.07. The van der Waals surface area contributed by atoms with Gasteiger partial charge in [-0.05, 0) is 22.8 Å². The molecule has 1 rings (SSSR count). The number of hydrogen-bond acceptors (Lipinski definition) is 2. The van der Waals surface area contributed by atoms with Crippen LogP contribution in [0.2, 0.25) is 0 Å². The first-order chi connectivity index (χ1) is 6.68. The van der Waals surface area contributed by atoms with E-state index in [1.54, 1.807) is 6.08 Å². The number of aliphatic carboxylic acids is 1. The minimum Gasteiger partial charge on any atom is -0.611 e. The second-order valence-corrected chi connectivity index (χ2v) is 3.95. The molecule has 0 aliphatic rings. The number of hydrogen-bond donors (Lipinski definition) is 1. The molecule has 14 heavy (non-hydrogen) atoms. The predicted molar refractivity (Wildman–Crippen MR) is 56.1 cm³/mol. The van der Waals surface area contributed by atoms with Gasteiger partial charge in [0, 0.05) is 0 Å². The van der Waals surface area contributed by atoms with Gasteiger partial charge in [0.25, 0.3) is 0 Å². The van der Waals surface area contributed by atoms with Crippen LogP contribution in [0.15, 0.2) is 35.7 Å². The van der Waals surface area contributed by atoms with Crippen molar-refractivity contribution in [3.8, 4) is 0 Å². The van der Waals surface area contributed by atoms with Gasteiger partial charge in [0.2, 0.25) is 5.75 Å². The van der Waals surface area contributed by atoms with E-state index in [0.717, 1.165) is 5.56 Å². The summed E-state index contributed by atoms with van der Waals surface area (Å²) in [5.41, 5.74) is 0.909. The van der Waals surface area contributed by atoms with Gasteiger partial charge in [-0.1, -0.05) is 30.3 Å². The SMILES string of the molecule is O=C(O)C[S+]([O-])C=Cc1ccccc1. The summed E-state index contributed by atoms with van der Waals surface area (Å²) in [4.78, 5) is 10.2. The highest BCUT2D eigenvalue weighted by Crippen LogP contribution is 2.03. The second-order valence-electron chi connectivity index (χ2n) is 2.63. The summed E-state index contributed by atoms with van der Waals surface area (Å²) < 4.78 is 11.1. The maximum absolute atomic E-state index is 11.1. The smallest absolute Gasteiger partial charge is 0.354 e. The molecule has 0 saturated heterocycles. The second kappa shape index (κ2) is 5.47. The number of carboxylic acid groups (broad SMARTS) is 1. The Bertz CT molecular complexity index is 321. The number of carbonyl (C=O) groups is 1. The Morgan fingerprint density at radius 2 is 2.07 bits per heavy atom. The van der Waals surface area contributed by atoms with E-state index in [-0.39, 0.29) is 5.75 Å². The van der Waals surface area contributed by atoms with Gasteiger partial charge in [0.1, 0.15) is 5.41 Å². The van der Waals surface area contributed by atoms with Crippen LogP contribution < -0.4 is 0 Å². The summed E-state index contributed by atoms with van der Waals surface area (Å²) in [7, 11) is 0. The maximum atomic E-state index is 11.1. The zero-order valence-electron chi connectivity index (χ0n) is 7.42. The van der Waals surface area contributed by atoms with E-state index in [9.17, 15) is 9.35 Å². The lowest BCUT2D eigenvalue weighted by molar-refractivity contribution is -0.134. The Kier molecular flexibility index (Phi) is 4.22. The fourth-order valence-corrected chi connectivity index (χ4v) is 1.54. The van der Waals surface area contributed by atoms with Crippen LogP contribution >= 0.6 is 0 Å². The van der Waals surface area contributed by atoms with E-state index < -0.39 is 17.1 Å². The lowest BCUT2D eigenvalue weighted by Gasteiger charge is -2.00. The van der Waals surface area contributed by atoms with Crippen LogP contribution in [0.3, 0.4) is 0 Å². The summed E-state index contributed by atoms with van der Waals surface area (Å²) in [6.45, 7) is 0. The first-order valence-electron chi connectivity index (χ1n) is 4.01. The van der Waals surface area contributed by atoms with Crippen LogP contribution in [0.5, 0.6) is 0 Å². The van der Waals surface area contributed by atoms with Gasteiger partial charge in [-0.3, -0.25) is 0 Å². The van der Waals surface area contributed by atoms with E-state index in [0.29, 0.717) is 0 Å². The third kappa shape index (κ3) is 4.11. The zero-order valence-corrected chi connectivity index (χ0v) is 8.24. The van der Waals surface area contributed by atoms with Crippen LogP contribution in [-0.4, -0.2) is 21.4 Å². The summed E-state index contributed by atoms with van der Waals surface area (Å²) in [5.74, 6) is -1.40. The van der Waals surface area contributed by atoms with Crippen LogP contribution in [0.4, 0.5) is 0 Å². The standard InChI is InChI=1S/C10H10O3S/c11-10(12)8-14(13)7-6-9-4-2-1-3-5-9/h1-7H,8H2,(H,11,12). The zero-order chi connectivity index (χ0) is 10.4. The Morgan fingerprint density at radius 3 is 2.64 bits per heavy atom. The molecule has 0 radical (unpaired) electrons. The molecule has 0 aliphatic carbocycles. The number of carboxylic acids is 1. The molecule has 0 aliphatic heterocycles. The highest BCUT2D eigenvalue weighted by molar-refractivity contribution is 7.95. The molecule has 0 bridgehead atoms. The van der Waals surface area contributed by atoms with Crippen LogP contribution in [0.25, 0.3) is 6.08 Å². The highest BCUT2D eigenvalue weighted by atomic mass is 32.2. The molecule has 4 heteroatoms. The Balaban J connectivity index is 2.52. The minimum absolute atomic E-state index is 0.344. The van der Waals surface area contributed by atoms with Crippen molar-refractivity contribution >= 4 is 23.2 Å². The molecule has 1 atom stereocenters. The summed E-state index contributed by atoms with van der Waals surface area (Å²) in [6, 6.07) is 9.31. The monoisotopic (exact) mass is 210 g/mol. The molecule has 0 amide bonds. The molecular weight excluding hydrogens is 200 g/mol. The topological polar surface area (TPSA) is 60.4 Å². The number of benzene rings is 1. The van der Waals surface area contributed by atoms with E-state index in [1.807, 2.05) is 30.3 Å². The van der Waals surface area contributed by atoms with Crippen molar-refractivity contribution < 1.29 is 14.5 Å². The normalized spacial score (nSPS) is 12.9. The van der Waals surface area contributed by atoms with Crippen molar-refractivity contribution in [2.75, 3.05) is 5.75 Å². The molecule has 0 saturated carbocycles. The van der Waals surface area contributed by atoms with Crippen LogP contribution in [-0.2, 0) is 16.0 Å². The lowest BCUT2D eigenvalue weighted by Crippen LogP contribution is -2.12. The van der Waals surface area contributed by atoms with Crippen molar-refractivity contribution in [1.29, 1.82) is 0 Å². The molecule has 74 valence electrons. The minimum atomic E-state index is -1.43. The van der Waals surface area contributed by atoms with Crippen molar-refractivity contribution in [2.45, 2.75) is 0 Å². The molecule has 3 nitrogen and oxygen atoms in total. The summed E-state index contributed by atoms with van der Waals surface area (Å²) in [6.07, 6.45) is 1.65. The van der Waals surface area contributed by atoms with Gasteiger partial charge >= 0.3 is 5.97 Å². The Labute approximate surface area is 85.3 Å². The lowest BCUT2D eigenvalue weighted by atomic mass is 10.2. The maximum Gasteiger partial charge on any atom is 0.354 e. The van der Waals surface area contributed by atoms with Gasteiger partial charge in [0.15, 0.2) is 0 Å². The first-order valence-corrected chi connectivity index (χ1v) is 5.39. The van der Waals surface area contributed by atoms with Crippen molar-refractivity contribution in [2.24, 2.45) is 0 Å². The third-order valence-electron chi connectivity index (χ3n) is 1.48. The van der Waals surface area contributed by atoms with Crippen molar-refractivity contribution in [1.82, 2.24) is 0 Å². The average Bonchev–Trinajstić information content (AvgIpc) is 2.15. The molecule has 1 N–H and O–H groups in total. The Morgan fingerprint density at radius 1 is 1.43 bits per heavy atom. The van der Waals surface area contributed by atoms with E-state index in [1.165, 1.54) is 5.41 Å². The molecule has 0 spiro atoms. The fourth-order valence-electron chi connectivity index (χ4n) is 0.888. The largest absolute Gasteiger partial charge is 0.611 e. The molecule has 0 fully saturated rings. The van der Waals surface area contributed by atoms with Gasteiger partial charge in [-0.15, -0.1) is 0 Å². The molecule has 1 unspecified atom stereocenters. The predicted octanol–water partition coefficient (Wildman–Crippen LogP) is 1.49. The first kappa shape index (κ1) is 10.8. The van der Waals surface area contributed by atoms with E-state index >= 15 is 0 Å². The Hall–Kier alpha value is -1.26. The number of rotatable bonds is 4. The van der Waals surface area contributed by atoms with Gasteiger partial charge in [-0.25, -0.2) is 4.79 Å². The van der Waals surface area contributed by atoms with Gasteiger partial charge in [-0.2, -0.15) is 0 Å². The van der Waals surface area contributed by atoms with Crippen LogP contribution in [0.1, 0.15) is 5.56 Å². The average molecular weight is 210 g/mol. The quantitative estimate of drug-likeness (QED) is 0.766. The van der Waals surface area contributed by atoms with Gasteiger partial charge in [0.05, 0.1) is 0 Å². The molecule has 0 aromatic heterocycles. The van der Waals surface area contributed by atoms with E-state index in [4.69, 9.17) is 5.11 Å². The van der Waals surface area contributed by atoms with Gasteiger partial charge < -0.3 is 9.66 Å². The van der Waals surface area contributed by atoms with E-state index in [2.05, 4.69) is 0 Å². The molecule has 0 heterocycles. The molecule has 1 aromatic carbocycles. The van der Waals surface area contributed by atoms with Crippen LogP contribution in [0, 0.1) is 0 Å². The summed E-state index contributed by atoms with van der Waals surface area (Å²) >= 11 is -1.43. The molecule has 1 aromatic rings. The third-order valence-corrected chi connectivity index (χ3v) is 2.45. The fraction of sp³-hybridized carbons (Fsp3) is 0.100. The van der Waals surface area contributed by atoms with Crippen molar-refractivity contribution in [3.05, 3.63) is 41.3 Å². The molecular formula is C10H10O3S.